The first-order chi connectivity index (χ1) is 5.95. The normalized spacial score (nSPS) is 11.3. The molecule has 0 saturated carbocycles. The highest BCUT2D eigenvalue weighted by Crippen LogP contribution is 2.07. The highest BCUT2D eigenvalue weighted by atomic mass is 16.1. The zero-order valence-corrected chi connectivity index (χ0v) is 7.94. The van der Waals surface area contributed by atoms with Crippen molar-refractivity contribution in [3.63, 3.8) is 0 Å². The lowest BCUT2D eigenvalue weighted by Gasteiger charge is -2.19. The molecule has 0 bridgehead atoms. The minimum atomic E-state index is -0.349. The lowest BCUT2D eigenvalue weighted by atomic mass is 10.1. The zero-order chi connectivity index (χ0) is 10.1. The fraction of sp³-hybridized carbons (Fsp3) is 0.444. The lowest BCUT2D eigenvalue weighted by Crippen LogP contribution is -2.35. The summed E-state index contributed by atoms with van der Waals surface area (Å²) in [4.78, 5) is 21.7. The standard InChI is InChI=1S/C9H12N2O2/c1-9(2,3)11-8(13)4-7(6-12)5-10-11/h4-6H,1-3H3. The van der Waals surface area contributed by atoms with Crippen LogP contribution >= 0.6 is 0 Å². The van der Waals surface area contributed by atoms with Crippen LogP contribution in [0.2, 0.25) is 0 Å². The Morgan fingerprint density at radius 3 is 2.46 bits per heavy atom. The van der Waals surface area contributed by atoms with Crippen molar-refractivity contribution in [2.75, 3.05) is 0 Å². The molecule has 70 valence electrons. The summed E-state index contributed by atoms with van der Waals surface area (Å²) >= 11 is 0. The molecule has 0 amide bonds. The van der Waals surface area contributed by atoms with Crippen LogP contribution in [-0.2, 0) is 5.54 Å². The first kappa shape index (κ1) is 9.64. The van der Waals surface area contributed by atoms with Crippen molar-refractivity contribution in [2.45, 2.75) is 26.3 Å². The van der Waals surface area contributed by atoms with Crippen molar-refractivity contribution in [1.29, 1.82) is 0 Å². The van der Waals surface area contributed by atoms with Crippen LogP contribution in [0.4, 0.5) is 0 Å². The predicted molar refractivity (Wildman–Crippen MR) is 48.9 cm³/mol. The smallest absolute Gasteiger partial charge is 0.267 e. The number of rotatable bonds is 1. The van der Waals surface area contributed by atoms with Crippen LogP contribution in [-0.4, -0.2) is 16.1 Å². The van der Waals surface area contributed by atoms with Gasteiger partial charge in [-0.05, 0) is 20.8 Å². The Morgan fingerprint density at radius 1 is 1.46 bits per heavy atom. The van der Waals surface area contributed by atoms with E-state index in [1.165, 1.54) is 16.9 Å². The van der Waals surface area contributed by atoms with E-state index >= 15 is 0 Å². The first-order valence-corrected chi connectivity index (χ1v) is 4.00. The van der Waals surface area contributed by atoms with Gasteiger partial charge in [-0.3, -0.25) is 9.59 Å². The highest BCUT2D eigenvalue weighted by molar-refractivity contribution is 5.73. The fourth-order valence-corrected chi connectivity index (χ4v) is 0.991. The predicted octanol–water partition coefficient (Wildman–Crippen LogP) is 0.811. The van der Waals surface area contributed by atoms with Crippen molar-refractivity contribution in [1.82, 2.24) is 9.78 Å². The molecule has 1 heterocycles. The second kappa shape index (κ2) is 3.12. The van der Waals surface area contributed by atoms with E-state index in [0.717, 1.165) is 0 Å². The number of carbonyl (C=O) groups excluding carboxylic acids is 1. The topological polar surface area (TPSA) is 52.0 Å². The average molecular weight is 180 g/mol. The molecule has 0 fully saturated rings. The molecular weight excluding hydrogens is 168 g/mol. The van der Waals surface area contributed by atoms with Gasteiger partial charge >= 0.3 is 0 Å². The van der Waals surface area contributed by atoms with Crippen molar-refractivity contribution in [3.05, 3.63) is 28.2 Å². The second-order valence-corrected chi connectivity index (χ2v) is 3.83. The van der Waals surface area contributed by atoms with Crippen LogP contribution in [0.1, 0.15) is 31.1 Å². The van der Waals surface area contributed by atoms with E-state index in [1.807, 2.05) is 20.8 Å². The van der Waals surface area contributed by atoms with Crippen molar-refractivity contribution in [2.24, 2.45) is 0 Å². The summed E-state index contributed by atoms with van der Waals surface area (Å²) in [6.07, 6.45) is 2.00. The summed E-state index contributed by atoms with van der Waals surface area (Å²) in [5.41, 5.74) is -0.291. The quantitative estimate of drug-likeness (QED) is 0.601. The molecule has 0 aliphatic carbocycles. The number of nitrogens with zero attached hydrogens (tertiary/aromatic N) is 2. The van der Waals surface area contributed by atoms with E-state index in [0.29, 0.717) is 11.8 Å². The van der Waals surface area contributed by atoms with Crippen molar-refractivity contribution >= 4 is 6.29 Å². The Labute approximate surface area is 76.2 Å². The summed E-state index contributed by atoms with van der Waals surface area (Å²) in [5, 5.41) is 3.89. The van der Waals surface area contributed by atoms with Gasteiger partial charge in [-0.15, -0.1) is 0 Å². The number of aldehydes is 1. The van der Waals surface area contributed by atoms with Gasteiger partial charge in [-0.1, -0.05) is 0 Å². The van der Waals surface area contributed by atoms with Crippen LogP contribution in [0.3, 0.4) is 0 Å². The monoisotopic (exact) mass is 180 g/mol. The number of hydrogen-bond donors (Lipinski definition) is 0. The van der Waals surface area contributed by atoms with Gasteiger partial charge in [0.1, 0.15) is 0 Å². The second-order valence-electron chi connectivity index (χ2n) is 3.83. The summed E-state index contributed by atoms with van der Waals surface area (Å²) in [6.45, 7) is 5.63. The Hall–Kier alpha value is -1.45. The van der Waals surface area contributed by atoms with Crippen molar-refractivity contribution < 1.29 is 4.79 Å². The Kier molecular flexibility index (Phi) is 2.32. The lowest BCUT2D eigenvalue weighted by molar-refractivity contribution is 0.112. The van der Waals surface area contributed by atoms with Crippen LogP contribution in [0.25, 0.3) is 0 Å². The molecule has 0 spiro atoms. The maximum atomic E-state index is 11.4. The summed E-state index contributed by atoms with van der Waals surface area (Å²) in [6, 6.07) is 1.28. The van der Waals surface area contributed by atoms with E-state index < -0.39 is 0 Å². The Morgan fingerprint density at radius 2 is 2.08 bits per heavy atom. The van der Waals surface area contributed by atoms with E-state index in [9.17, 15) is 9.59 Å². The summed E-state index contributed by atoms with van der Waals surface area (Å²) < 4.78 is 1.35. The number of carbonyl (C=O) groups is 1. The molecule has 0 unspecified atom stereocenters. The number of aromatic nitrogens is 2. The average Bonchev–Trinajstić information content (AvgIpc) is 2.01. The SMILES string of the molecule is CC(C)(C)n1ncc(C=O)cc1=O. The highest BCUT2D eigenvalue weighted by Gasteiger charge is 2.15. The van der Waals surface area contributed by atoms with Gasteiger partial charge in [0.2, 0.25) is 0 Å². The van der Waals surface area contributed by atoms with E-state index in [4.69, 9.17) is 0 Å². The molecule has 0 aliphatic heterocycles. The number of hydrogen-bond acceptors (Lipinski definition) is 3. The fourth-order valence-electron chi connectivity index (χ4n) is 0.991. The molecule has 4 nitrogen and oxygen atoms in total. The first-order valence-electron chi connectivity index (χ1n) is 4.00. The van der Waals surface area contributed by atoms with Crippen LogP contribution in [0, 0.1) is 0 Å². The molecule has 13 heavy (non-hydrogen) atoms. The van der Waals surface area contributed by atoms with Crippen LogP contribution < -0.4 is 5.56 Å². The molecular formula is C9H12N2O2. The van der Waals surface area contributed by atoms with Gasteiger partial charge in [-0.2, -0.15) is 5.10 Å². The van der Waals surface area contributed by atoms with E-state index in [1.54, 1.807) is 0 Å². The third-order valence-electron chi connectivity index (χ3n) is 1.59. The van der Waals surface area contributed by atoms with Gasteiger partial charge in [-0.25, -0.2) is 4.68 Å². The maximum absolute atomic E-state index is 11.4. The zero-order valence-electron chi connectivity index (χ0n) is 7.94. The minimum Gasteiger partial charge on any atom is -0.298 e. The third kappa shape index (κ3) is 2.02. The van der Waals surface area contributed by atoms with Gasteiger partial charge in [0.15, 0.2) is 6.29 Å². The summed E-state index contributed by atoms with van der Waals surface area (Å²) in [5.74, 6) is 0. The molecule has 0 radical (unpaired) electrons. The summed E-state index contributed by atoms with van der Waals surface area (Å²) in [7, 11) is 0. The minimum absolute atomic E-state index is 0.253. The van der Waals surface area contributed by atoms with E-state index in [-0.39, 0.29) is 11.1 Å². The largest absolute Gasteiger partial charge is 0.298 e. The Balaban J connectivity index is 3.29. The molecule has 1 aromatic heterocycles. The van der Waals surface area contributed by atoms with Crippen LogP contribution in [0.5, 0.6) is 0 Å². The molecule has 0 N–H and O–H groups in total. The molecule has 0 atom stereocenters. The molecule has 4 heteroatoms. The van der Waals surface area contributed by atoms with Gasteiger partial charge in [0.25, 0.3) is 5.56 Å². The Bertz CT molecular complexity index is 374. The van der Waals surface area contributed by atoms with Crippen molar-refractivity contribution in [3.8, 4) is 0 Å². The van der Waals surface area contributed by atoms with Crippen LogP contribution in [0.15, 0.2) is 17.1 Å². The van der Waals surface area contributed by atoms with Gasteiger partial charge < -0.3 is 0 Å². The molecule has 1 rings (SSSR count). The molecule has 0 saturated heterocycles. The van der Waals surface area contributed by atoms with E-state index in [2.05, 4.69) is 5.10 Å². The van der Waals surface area contributed by atoms with Gasteiger partial charge in [0.05, 0.1) is 11.7 Å². The van der Waals surface area contributed by atoms with Gasteiger partial charge in [0, 0.05) is 11.6 Å². The maximum Gasteiger partial charge on any atom is 0.267 e. The molecule has 1 aromatic rings. The molecule has 0 aromatic carbocycles. The third-order valence-corrected chi connectivity index (χ3v) is 1.59. The molecule has 0 aliphatic rings.